The molecule has 0 aromatic carbocycles. The van der Waals surface area contributed by atoms with Crippen molar-refractivity contribution in [3.8, 4) is 0 Å². The van der Waals surface area contributed by atoms with E-state index >= 15 is 0 Å². The molecule has 0 saturated heterocycles. The summed E-state index contributed by atoms with van der Waals surface area (Å²) in [4.78, 5) is 23.3. The van der Waals surface area contributed by atoms with Gasteiger partial charge in [0, 0.05) is 12.8 Å². The van der Waals surface area contributed by atoms with Gasteiger partial charge >= 0.3 is 0 Å². The summed E-state index contributed by atoms with van der Waals surface area (Å²) in [5.74, 6) is 0.397. The predicted molar refractivity (Wildman–Crippen MR) is 57.5 cm³/mol. The van der Waals surface area contributed by atoms with Gasteiger partial charge in [0.05, 0.1) is 4.75 Å². The number of allylic oxidation sites excluding steroid dienone is 1. The van der Waals surface area contributed by atoms with Crippen LogP contribution in [0, 0.1) is 0 Å². The highest BCUT2D eigenvalue weighted by molar-refractivity contribution is 7.83. The van der Waals surface area contributed by atoms with Crippen molar-refractivity contribution in [3.05, 3.63) is 11.1 Å². The summed E-state index contributed by atoms with van der Waals surface area (Å²) in [7, 11) is 0. The van der Waals surface area contributed by atoms with Gasteiger partial charge in [0.25, 0.3) is 0 Å². The molecule has 2 rings (SSSR count). The van der Waals surface area contributed by atoms with Gasteiger partial charge in [-0.05, 0) is 37.3 Å². The average Bonchev–Trinajstić information content (AvgIpc) is 2.16. The van der Waals surface area contributed by atoms with Crippen LogP contribution in [0.15, 0.2) is 11.1 Å². The van der Waals surface area contributed by atoms with Gasteiger partial charge in [-0.2, -0.15) is 12.6 Å². The average molecular weight is 210 g/mol. The first-order valence-electron chi connectivity index (χ1n) is 5.05. The summed E-state index contributed by atoms with van der Waals surface area (Å²) < 4.78 is -0.601. The molecule has 1 saturated carbocycles. The van der Waals surface area contributed by atoms with E-state index in [2.05, 4.69) is 12.6 Å². The Morgan fingerprint density at radius 1 is 1.21 bits per heavy atom. The summed E-state index contributed by atoms with van der Waals surface area (Å²) in [6.45, 7) is 1.83. The smallest absolute Gasteiger partial charge is 0.158 e. The lowest BCUT2D eigenvalue weighted by molar-refractivity contribution is -0.122. The maximum absolute atomic E-state index is 11.8. The summed E-state index contributed by atoms with van der Waals surface area (Å²) >= 11 is 4.51. The van der Waals surface area contributed by atoms with Crippen molar-refractivity contribution >= 4 is 24.2 Å². The van der Waals surface area contributed by atoms with E-state index in [4.69, 9.17) is 0 Å². The number of Topliss-reactive ketones (excluding diaryl/α,β-unsaturated/α-hetero) is 2. The quantitative estimate of drug-likeness (QED) is 0.621. The molecule has 0 radical (unpaired) electrons. The van der Waals surface area contributed by atoms with Gasteiger partial charge in [-0.15, -0.1) is 0 Å². The zero-order valence-electron chi connectivity index (χ0n) is 8.30. The molecule has 0 aliphatic heterocycles. The fraction of sp³-hybridized carbons (Fsp3) is 0.636. The number of carbonyl (C=O) groups is 2. The van der Waals surface area contributed by atoms with Crippen molar-refractivity contribution < 1.29 is 9.59 Å². The number of hydrogen-bond acceptors (Lipinski definition) is 3. The zero-order chi connectivity index (χ0) is 10.3. The van der Waals surface area contributed by atoms with E-state index in [1.807, 2.05) is 6.92 Å². The minimum Gasteiger partial charge on any atom is -0.298 e. The van der Waals surface area contributed by atoms with E-state index in [1.54, 1.807) is 0 Å². The highest BCUT2D eigenvalue weighted by Crippen LogP contribution is 2.44. The Morgan fingerprint density at radius 2 is 1.93 bits per heavy atom. The van der Waals surface area contributed by atoms with Crippen LogP contribution in [-0.2, 0) is 9.59 Å². The molecule has 3 heteroatoms. The SMILES string of the molecule is CC1=C2CCCC(=O)C2(S)CCC1=O. The molecule has 76 valence electrons. The van der Waals surface area contributed by atoms with Crippen LogP contribution in [0.5, 0.6) is 0 Å². The zero-order valence-corrected chi connectivity index (χ0v) is 9.19. The van der Waals surface area contributed by atoms with E-state index in [-0.39, 0.29) is 11.6 Å². The Kier molecular flexibility index (Phi) is 2.30. The number of fused-ring (bicyclic) bond motifs is 1. The Labute approximate surface area is 89.2 Å². The van der Waals surface area contributed by atoms with Crippen LogP contribution in [0.3, 0.4) is 0 Å². The first-order valence-corrected chi connectivity index (χ1v) is 5.49. The number of ketones is 2. The molecule has 0 spiro atoms. The largest absolute Gasteiger partial charge is 0.298 e. The molecule has 0 aromatic heterocycles. The number of carbonyl (C=O) groups excluding carboxylic acids is 2. The standard InChI is InChI=1S/C11H14O2S/c1-7-8-3-2-4-10(13)11(8,14)6-5-9(7)12/h14H,2-6H2,1H3. The monoisotopic (exact) mass is 210 g/mol. The molecule has 2 nitrogen and oxygen atoms in total. The number of thiol groups is 1. The number of rotatable bonds is 0. The second kappa shape index (κ2) is 3.23. The van der Waals surface area contributed by atoms with Gasteiger partial charge in [0.2, 0.25) is 0 Å². The molecule has 1 unspecified atom stereocenters. The second-order valence-electron chi connectivity index (χ2n) is 4.16. The summed E-state index contributed by atoms with van der Waals surface area (Å²) in [5.41, 5.74) is 1.78. The van der Waals surface area contributed by atoms with Crippen molar-refractivity contribution in [2.75, 3.05) is 0 Å². The molecule has 0 heterocycles. The lowest BCUT2D eigenvalue weighted by atomic mass is 9.73. The number of hydrogen-bond donors (Lipinski definition) is 1. The van der Waals surface area contributed by atoms with E-state index in [1.165, 1.54) is 0 Å². The summed E-state index contributed by atoms with van der Waals surface area (Å²) in [5, 5.41) is 0. The van der Waals surface area contributed by atoms with Crippen molar-refractivity contribution in [2.24, 2.45) is 0 Å². The van der Waals surface area contributed by atoms with Crippen molar-refractivity contribution in [3.63, 3.8) is 0 Å². The third kappa shape index (κ3) is 1.26. The first kappa shape index (κ1) is 9.97. The fourth-order valence-corrected chi connectivity index (χ4v) is 2.95. The molecule has 1 atom stereocenters. The summed E-state index contributed by atoms with van der Waals surface area (Å²) in [6, 6.07) is 0. The Morgan fingerprint density at radius 3 is 2.64 bits per heavy atom. The summed E-state index contributed by atoms with van der Waals surface area (Å²) in [6.07, 6.45) is 3.44. The highest BCUT2D eigenvalue weighted by Gasteiger charge is 2.44. The maximum Gasteiger partial charge on any atom is 0.158 e. The van der Waals surface area contributed by atoms with Crippen LogP contribution in [0.2, 0.25) is 0 Å². The third-order valence-corrected chi connectivity index (χ3v) is 4.12. The molecular weight excluding hydrogens is 196 g/mol. The van der Waals surface area contributed by atoms with Crippen LogP contribution < -0.4 is 0 Å². The van der Waals surface area contributed by atoms with Gasteiger partial charge in [-0.3, -0.25) is 9.59 Å². The van der Waals surface area contributed by atoms with E-state index in [0.29, 0.717) is 19.3 Å². The van der Waals surface area contributed by atoms with Gasteiger partial charge in [-0.1, -0.05) is 0 Å². The van der Waals surface area contributed by atoms with Gasteiger partial charge in [-0.25, -0.2) is 0 Å². The Hall–Kier alpha value is -0.570. The molecule has 14 heavy (non-hydrogen) atoms. The molecule has 2 aliphatic carbocycles. The molecule has 2 aliphatic rings. The second-order valence-corrected chi connectivity index (χ2v) is 4.93. The predicted octanol–water partition coefficient (Wildman–Crippen LogP) is 2.09. The lowest BCUT2D eigenvalue weighted by Crippen LogP contribution is -2.42. The topological polar surface area (TPSA) is 34.1 Å². The molecule has 0 bridgehead atoms. The van der Waals surface area contributed by atoms with E-state index < -0.39 is 4.75 Å². The maximum atomic E-state index is 11.8. The van der Waals surface area contributed by atoms with Crippen molar-refractivity contribution in [1.29, 1.82) is 0 Å². The van der Waals surface area contributed by atoms with Crippen LogP contribution in [-0.4, -0.2) is 16.3 Å². The van der Waals surface area contributed by atoms with Gasteiger partial charge in [0.15, 0.2) is 11.6 Å². The minimum atomic E-state index is -0.601. The molecule has 0 aromatic rings. The lowest BCUT2D eigenvalue weighted by Gasteiger charge is -2.38. The minimum absolute atomic E-state index is 0.194. The van der Waals surface area contributed by atoms with Crippen LogP contribution in [0.4, 0.5) is 0 Å². The first-order chi connectivity index (χ1) is 6.55. The van der Waals surface area contributed by atoms with E-state index in [0.717, 1.165) is 24.0 Å². The highest BCUT2D eigenvalue weighted by atomic mass is 32.1. The van der Waals surface area contributed by atoms with Crippen molar-refractivity contribution in [2.45, 2.75) is 43.8 Å². The fourth-order valence-electron chi connectivity index (χ4n) is 2.45. The van der Waals surface area contributed by atoms with E-state index in [9.17, 15) is 9.59 Å². The van der Waals surface area contributed by atoms with Gasteiger partial charge in [0.1, 0.15) is 0 Å². The van der Waals surface area contributed by atoms with Gasteiger partial charge < -0.3 is 0 Å². The third-order valence-electron chi connectivity index (χ3n) is 3.38. The Bertz CT molecular complexity index is 343. The van der Waals surface area contributed by atoms with Crippen LogP contribution in [0.25, 0.3) is 0 Å². The van der Waals surface area contributed by atoms with Crippen LogP contribution in [0.1, 0.15) is 39.0 Å². The molecular formula is C11H14O2S. The van der Waals surface area contributed by atoms with Crippen molar-refractivity contribution in [1.82, 2.24) is 0 Å². The normalized spacial score (nSPS) is 33.3. The molecule has 0 amide bonds. The molecule has 1 fully saturated rings. The van der Waals surface area contributed by atoms with Crippen LogP contribution >= 0.6 is 12.6 Å². The molecule has 0 N–H and O–H groups in total. The Balaban J connectivity index is 2.50.